The van der Waals surface area contributed by atoms with E-state index in [4.69, 9.17) is 4.74 Å². The molecule has 0 saturated carbocycles. The summed E-state index contributed by atoms with van der Waals surface area (Å²) in [5.74, 6) is -0.634. The lowest BCUT2D eigenvalue weighted by Crippen LogP contribution is -2.45. The molecule has 2 aromatic carbocycles. The number of ether oxygens (including phenoxy) is 1. The molecule has 1 N–H and O–H groups in total. The normalized spacial score (nSPS) is 10.6. The minimum absolute atomic E-state index is 0.123. The molecule has 0 aliphatic carbocycles. The molecule has 3 rings (SSSR count). The number of rotatable bonds is 10. The number of nitrogens with zero attached hydrogens (tertiary/aromatic N) is 2. The summed E-state index contributed by atoms with van der Waals surface area (Å²) in [7, 11) is 1.53. The molecule has 1 heterocycles. The standard InChI is InChI=1S/C25H28FN3O3S/c1-19-11-14-33-23(19)17-29(16-20-7-4-3-5-8-20)24(30)18-28(12-13-32-2)25(31)27-22-10-6-9-21(26)15-22/h3-11,14-15H,12-13,16-18H2,1-2H3,(H,27,31). The van der Waals surface area contributed by atoms with E-state index in [1.807, 2.05) is 48.7 Å². The van der Waals surface area contributed by atoms with Crippen molar-refractivity contribution in [1.82, 2.24) is 9.80 Å². The fraction of sp³-hybridized carbons (Fsp3) is 0.280. The van der Waals surface area contributed by atoms with Gasteiger partial charge in [-0.05, 0) is 47.7 Å². The smallest absolute Gasteiger partial charge is 0.322 e. The van der Waals surface area contributed by atoms with Gasteiger partial charge in [0.1, 0.15) is 12.4 Å². The lowest BCUT2D eigenvalue weighted by atomic mass is 10.2. The summed E-state index contributed by atoms with van der Waals surface area (Å²) < 4.78 is 18.6. The molecule has 0 unspecified atom stereocenters. The monoisotopic (exact) mass is 469 g/mol. The maximum atomic E-state index is 13.5. The molecule has 3 aromatic rings. The minimum Gasteiger partial charge on any atom is -0.383 e. The Labute approximate surface area is 197 Å². The summed E-state index contributed by atoms with van der Waals surface area (Å²) in [6.45, 7) is 3.28. The average molecular weight is 470 g/mol. The molecule has 0 radical (unpaired) electrons. The lowest BCUT2D eigenvalue weighted by Gasteiger charge is -2.28. The van der Waals surface area contributed by atoms with Crippen LogP contribution in [0, 0.1) is 12.7 Å². The second kappa shape index (κ2) is 12.1. The topological polar surface area (TPSA) is 61.9 Å². The Kier molecular flexibility index (Phi) is 8.97. The zero-order valence-electron chi connectivity index (χ0n) is 18.8. The van der Waals surface area contributed by atoms with Gasteiger partial charge in [0.2, 0.25) is 5.91 Å². The molecule has 0 spiro atoms. The number of aryl methyl sites for hydroxylation is 1. The quantitative estimate of drug-likeness (QED) is 0.459. The van der Waals surface area contributed by atoms with Crippen LogP contribution < -0.4 is 5.32 Å². The molecule has 0 aliphatic rings. The van der Waals surface area contributed by atoms with Crippen LogP contribution in [-0.4, -0.2) is 48.5 Å². The van der Waals surface area contributed by atoms with Gasteiger partial charge in [-0.1, -0.05) is 36.4 Å². The molecule has 0 saturated heterocycles. The number of carbonyl (C=O) groups excluding carboxylic acids is 2. The van der Waals surface area contributed by atoms with Crippen LogP contribution in [0.15, 0.2) is 66.0 Å². The molecular formula is C25H28FN3O3S. The summed E-state index contributed by atoms with van der Waals surface area (Å²) in [4.78, 5) is 30.5. The second-order valence-electron chi connectivity index (χ2n) is 7.62. The second-order valence-corrected chi connectivity index (χ2v) is 8.62. The maximum absolute atomic E-state index is 13.5. The highest BCUT2D eigenvalue weighted by Crippen LogP contribution is 2.20. The van der Waals surface area contributed by atoms with Gasteiger partial charge in [-0.15, -0.1) is 11.3 Å². The third kappa shape index (κ3) is 7.40. The number of benzene rings is 2. The molecular weight excluding hydrogens is 441 g/mol. The Morgan fingerprint density at radius 3 is 2.48 bits per heavy atom. The number of urea groups is 1. The number of amides is 3. The van der Waals surface area contributed by atoms with E-state index in [1.54, 1.807) is 22.3 Å². The summed E-state index contributed by atoms with van der Waals surface area (Å²) in [6, 6.07) is 16.9. The minimum atomic E-state index is -0.488. The van der Waals surface area contributed by atoms with E-state index >= 15 is 0 Å². The molecule has 3 amide bonds. The summed E-state index contributed by atoms with van der Waals surface area (Å²) in [5, 5.41) is 4.67. The molecule has 0 aliphatic heterocycles. The Balaban J connectivity index is 1.76. The Hall–Kier alpha value is -3.23. The first-order valence-electron chi connectivity index (χ1n) is 10.6. The number of hydrogen-bond donors (Lipinski definition) is 1. The number of thiophene rings is 1. The fourth-order valence-corrected chi connectivity index (χ4v) is 4.18. The van der Waals surface area contributed by atoms with Gasteiger partial charge in [0.15, 0.2) is 0 Å². The number of carbonyl (C=O) groups is 2. The van der Waals surface area contributed by atoms with Crippen LogP contribution in [0.25, 0.3) is 0 Å². The first-order chi connectivity index (χ1) is 16.0. The van der Waals surface area contributed by atoms with E-state index in [0.29, 0.717) is 18.8 Å². The molecule has 0 bridgehead atoms. The Morgan fingerprint density at radius 2 is 1.82 bits per heavy atom. The van der Waals surface area contributed by atoms with Crippen molar-refractivity contribution in [3.8, 4) is 0 Å². The average Bonchev–Trinajstić information content (AvgIpc) is 3.21. The zero-order valence-corrected chi connectivity index (χ0v) is 19.6. The number of halogens is 1. The van der Waals surface area contributed by atoms with Gasteiger partial charge in [0.25, 0.3) is 0 Å². The fourth-order valence-electron chi connectivity index (χ4n) is 3.26. The number of nitrogens with one attached hydrogen (secondary N) is 1. The van der Waals surface area contributed by atoms with Gasteiger partial charge in [0.05, 0.1) is 13.2 Å². The summed E-state index contributed by atoms with van der Waals surface area (Å²) >= 11 is 1.61. The van der Waals surface area contributed by atoms with Crippen molar-refractivity contribution in [1.29, 1.82) is 0 Å². The van der Waals surface area contributed by atoms with Crippen molar-refractivity contribution >= 4 is 29.0 Å². The molecule has 6 nitrogen and oxygen atoms in total. The SMILES string of the molecule is COCCN(CC(=O)N(Cc1ccccc1)Cc1sccc1C)C(=O)Nc1cccc(F)c1. The van der Waals surface area contributed by atoms with Crippen molar-refractivity contribution in [2.24, 2.45) is 0 Å². The Bertz CT molecular complexity index is 1060. The van der Waals surface area contributed by atoms with Crippen molar-refractivity contribution in [3.05, 3.63) is 87.9 Å². The predicted octanol–water partition coefficient (Wildman–Crippen LogP) is 4.90. The first-order valence-corrected chi connectivity index (χ1v) is 11.5. The van der Waals surface area contributed by atoms with Gasteiger partial charge in [0, 0.05) is 30.8 Å². The molecule has 0 fully saturated rings. The van der Waals surface area contributed by atoms with Gasteiger partial charge < -0.3 is 19.9 Å². The van der Waals surface area contributed by atoms with Crippen molar-refractivity contribution in [2.45, 2.75) is 20.0 Å². The highest BCUT2D eigenvalue weighted by atomic mass is 32.1. The molecule has 174 valence electrons. The zero-order chi connectivity index (χ0) is 23.6. The third-order valence-electron chi connectivity index (χ3n) is 5.13. The van der Waals surface area contributed by atoms with Crippen LogP contribution >= 0.6 is 11.3 Å². The highest BCUT2D eigenvalue weighted by Gasteiger charge is 2.23. The van der Waals surface area contributed by atoms with E-state index in [2.05, 4.69) is 5.32 Å². The van der Waals surface area contributed by atoms with Crippen molar-refractivity contribution in [2.75, 3.05) is 32.1 Å². The largest absolute Gasteiger partial charge is 0.383 e. The highest BCUT2D eigenvalue weighted by molar-refractivity contribution is 7.10. The van der Waals surface area contributed by atoms with Crippen LogP contribution in [0.4, 0.5) is 14.9 Å². The van der Waals surface area contributed by atoms with Crippen LogP contribution in [0.1, 0.15) is 16.0 Å². The third-order valence-corrected chi connectivity index (χ3v) is 6.13. The molecule has 8 heteroatoms. The van der Waals surface area contributed by atoms with Gasteiger partial charge >= 0.3 is 6.03 Å². The van der Waals surface area contributed by atoms with E-state index in [-0.39, 0.29) is 25.6 Å². The van der Waals surface area contributed by atoms with Gasteiger partial charge in [-0.2, -0.15) is 0 Å². The number of anilines is 1. The maximum Gasteiger partial charge on any atom is 0.322 e. The van der Waals surface area contributed by atoms with Crippen LogP contribution in [0.5, 0.6) is 0 Å². The molecule has 0 atom stereocenters. The summed E-state index contributed by atoms with van der Waals surface area (Å²) in [6.07, 6.45) is 0. The van der Waals surface area contributed by atoms with Crippen molar-refractivity contribution in [3.63, 3.8) is 0 Å². The number of methoxy groups -OCH3 is 1. The van der Waals surface area contributed by atoms with E-state index in [1.165, 1.54) is 30.2 Å². The number of hydrogen-bond acceptors (Lipinski definition) is 4. The van der Waals surface area contributed by atoms with E-state index in [9.17, 15) is 14.0 Å². The van der Waals surface area contributed by atoms with Crippen molar-refractivity contribution < 1.29 is 18.7 Å². The van der Waals surface area contributed by atoms with E-state index < -0.39 is 11.8 Å². The van der Waals surface area contributed by atoms with Crippen LogP contribution in [0.2, 0.25) is 0 Å². The molecule has 33 heavy (non-hydrogen) atoms. The lowest BCUT2D eigenvalue weighted by molar-refractivity contribution is -0.133. The van der Waals surface area contributed by atoms with Crippen LogP contribution in [0.3, 0.4) is 0 Å². The van der Waals surface area contributed by atoms with Gasteiger partial charge in [-0.25, -0.2) is 9.18 Å². The molecule has 1 aromatic heterocycles. The van der Waals surface area contributed by atoms with Gasteiger partial charge in [-0.3, -0.25) is 4.79 Å². The van der Waals surface area contributed by atoms with Crippen LogP contribution in [-0.2, 0) is 22.6 Å². The Morgan fingerprint density at radius 1 is 1.03 bits per heavy atom. The van der Waals surface area contributed by atoms with E-state index in [0.717, 1.165) is 16.0 Å². The summed E-state index contributed by atoms with van der Waals surface area (Å²) in [5.41, 5.74) is 2.46. The predicted molar refractivity (Wildman–Crippen MR) is 129 cm³/mol. The first kappa shape index (κ1) is 24.4.